The summed E-state index contributed by atoms with van der Waals surface area (Å²) in [5.74, 6) is 0.612. The first-order chi connectivity index (χ1) is 15.8. The van der Waals surface area contributed by atoms with Crippen molar-refractivity contribution >= 4 is 70.9 Å². The highest BCUT2D eigenvalue weighted by Gasteiger charge is 2.27. The van der Waals surface area contributed by atoms with Crippen LogP contribution in [0.3, 0.4) is 0 Å². The first kappa shape index (κ1) is 23.1. The Morgan fingerprint density at radius 3 is 1.70 bits per heavy atom. The molecule has 4 N–H and O–H groups in total. The molecule has 170 valence electrons. The molecule has 0 saturated carbocycles. The molecule has 2 heterocycles. The molecule has 0 unspecified atom stereocenters. The van der Waals surface area contributed by atoms with Crippen LogP contribution in [0.2, 0.25) is 0 Å². The Morgan fingerprint density at radius 1 is 0.788 bits per heavy atom. The number of methoxy groups -OCH3 is 3. The van der Waals surface area contributed by atoms with E-state index in [4.69, 9.17) is 25.7 Å². The van der Waals surface area contributed by atoms with Gasteiger partial charge >= 0.3 is 0 Å². The zero-order chi connectivity index (χ0) is 23.9. The lowest BCUT2D eigenvalue weighted by molar-refractivity contribution is 0.103. The molecule has 0 amide bonds. The Labute approximate surface area is 206 Å². The molecule has 4 rings (SSSR count). The van der Waals surface area contributed by atoms with Crippen LogP contribution in [0.5, 0.6) is 17.2 Å². The minimum absolute atomic E-state index is 0.190. The Balaban J connectivity index is 1.76. The van der Waals surface area contributed by atoms with E-state index in [-0.39, 0.29) is 22.9 Å². The summed E-state index contributed by atoms with van der Waals surface area (Å²) in [6.07, 6.45) is 0. The number of anilines is 2. The Kier molecular flexibility index (Phi) is 6.33. The fourth-order valence-corrected chi connectivity index (χ4v) is 6.21. The van der Waals surface area contributed by atoms with Crippen molar-refractivity contribution < 1.29 is 23.8 Å². The normalized spacial score (nSPS) is 10.9. The molecular formula is C23H19BrN2O5S2. The summed E-state index contributed by atoms with van der Waals surface area (Å²) < 4.78 is 17.6. The number of carbonyl (C=O) groups excluding carboxylic acids is 2. The number of benzene rings is 2. The maximum atomic E-state index is 13.3. The van der Waals surface area contributed by atoms with Crippen molar-refractivity contribution in [1.29, 1.82) is 0 Å². The summed E-state index contributed by atoms with van der Waals surface area (Å²) in [5, 5.41) is 0.529. The van der Waals surface area contributed by atoms with Gasteiger partial charge in [0.05, 0.1) is 42.1 Å². The number of nitrogens with two attached hydrogens (primary N) is 2. The lowest BCUT2D eigenvalue weighted by Crippen LogP contribution is -2.05. The summed E-state index contributed by atoms with van der Waals surface area (Å²) in [6.45, 7) is 0. The van der Waals surface area contributed by atoms with E-state index in [0.717, 1.165) is 4.47 Å². The van der Waals surface area contributed by atoms with Crippen LogP contribution in [0.25, 0.3) is 9.40 Å². The van der Waals surface area contributed by atoms with Crippen molar-refractivity contribution in [2.24, 2.45) is 0 Å². The van der Waals surface area contributed by atoms with E-state index in [1.54, 1.807) is 36.4 Å². The van der Waals surface area contributed by atoms with Crippen LogP contribution in [0.1, 0.15) is 30.5 Å². The van der Waals surface area contributed by atoms with Gasteiger partial charge in [0.15, 0.2) is 11.5 Å². The van der Waals surface area contributed by atoms with Crippen molar-refractivity contribution in [2.45, 2.75) is 0 Å². The summed E-state index contributed by atoms with van der Waals surface area (Å²) in [4.78, 5) is 27.0. The number of fused-ring (bicyclic) bond motifs is 1. The third kappa shape index (κ3) is 3.94. The van der Waals surface area contributed by atoms with Crippen LogP contribution >= 0.6 is 38.6 Å². The van der Waals surface area contributed by atoms with E-state index in [0.29, 0.717) is 47.5 Å². The lowest BCUT2D eigenvalue weighted by atomic mass is 10.1. The number of nitrogen functional groups attached to an aromatic ring is 2. The quantitative estimate of drug-likeness (QED) is 0.299. The van der Waals surface area contributed by atoms with Gasteiger partial charge in [0.1, 0.15) is 9.75 Å². The highest BCUT2D eigenvalue weighted by atomic mass is 79.9. The third-order valence-electron chi connectivity index (χ3n) is 5.07. The summed E-state index contributed by atoms with van der Waals surface area (Å²) in [7, 11) is 4.45. The fraction of sp³-hybridized carbons (Fsp3) is 0.130. The van der Waals surface area contributed by atoms with E-state index < -0.39 is 0 Å². The zero-order valence-corrected chi connectivity index (χ0v) is 21.1. The van der Waals surface area contributed by atoms with Crippen molar-refractivity contribution in [3.63, 3.8) is 0 Å². The molecule has 10 heteroatoms. The number of carbonyl (C=O) groups is 2. The second kappa shape index (κ2) is 9.05. The predicted octanol–water partition coefficient (Wildman–Crippen LogP) is 5.38. The molecule has 0 bridgehead atoms. The largest absolute Gasteiger partial charge is 0.493 e. The Morgan fingerprint density at radius 2 is 1.27 bits per heavy atom. The molecule has 0 aliphatic rings. The van der Waals surface area contributed by atoms with Crippen molar-refractivity contribution in [3.8, 4) is 17.2 Å². The summed E-state index contributed by atoms with van der Waals surface area (Å²) in [6, 6.07) is 10.2. The average Bonchev–Trinajstić information content (AvgIpc) is 3.33. The van der Waals surface area contributed by atoms with Crippen molar-refractivity contribution in [1.82, 2.24) is 0 Å². The molecule has 2 aromatic heterocycles. The third-order valence-corrected chi connectivity index (χ3v) is 8.09. The number of ketones is 2. The van der Waals surface area contributed by atoms with Gasteiger partial charge in [-0.05, 0) is 36.4 Å². The number of hydrogen-bond donors (Lipinski definition) is 2. The smallest absolute Gasteiger partial charge is 0.205 e. The summed E-state index contributed by atoms with van der Waals surface area (Å²) >= 11 is 5.80. The minimum Gasteiger partial charge on any atom is -0.493 e. The van der Waals surface area contributed by atoms with Crippen LogP contribution in [-0.4, -0.2) is 32.9 Å². The van der Waals surface area contributed by atoms with Crippen molar-refractivity contribution in [3.05, 3.63) is 61.8 Å². The molecule has 4 aromatic rings. The van der Waals surface area contributed by atoms with Gasteiger partial charge in [-0.3, -0.25) is 9.59 Å². The van der Waals surface area contributed by atoms with Gasteiger partial charge in [-0.2, -0.15) is 0 Å². The van der Waals surface area contributed by atoms with Gasteiger partial charge < -0.3 is 25.7 Å². The van der Waals surface area contributed by atoms with Gasteiger partial charge in [-0.15, -0.1) is 22.7 Å². The van der Waals surface area contributed by atoms with Crippen LogP contribution in [0, 0.1) is 0 Å². The Bertz CT molecular complexity index is 1370. The standard InChI is InChI=1S/C23H19BrN2O5S2/c1-29-13-8-11(9-14(30-2)20(13)31-3)19(28)22-17(26)15-16(25)21(32-23(15)33-22)18(27)10-4-6-12(24)7-5-10/h4-9H,25-26H2,1-3H3. The molecule has 0 atom stereocenters. The van der Waals surface area contributed by atoms with E-state index in [1.165, 1.54) is 44.0 Å². The molecule has 0 aliphatic carbocycles. The van der Waals surface area contributed by atoms with Gasteiger partial charge in [0, 0.05) is 15.6 Å². The molecule has 0 aliphatic heterocycles. The van der Waals surface area contributed by atoms with Crippen molar-refractivity contribution in [2.75, 3.05) is 32.8 Å². The van der Waals surface area contributed by atoms with Crippen LogP contribution in [0.15, 0.2) is 40.9 Å². The molecule has 33 heavy (non-hydrogen) atoms. The monoisotopic (exact) mass is 546 g/mol. The lowest BCUT2D eigenvalue weighted by Gasteiger charge is -2.13. The first-order valence-electron chi connectivity index (χ1n) is 9.55. The Hall–Kier alpha value is -3.08. The second-order valence-corrected chi connectivity index (χ2v) is 10.1. The number of thiophene rings is 2. The highest BCUT2D eigenvalue weighted by Crippen LogP contribution is 2.47. The maximum absolute atomic E-state index is 13.3. The molecular weight excluding hydrogens is 528 g/mol. The number of hydrogen-bond acceptors (Lipinski definition) is 9. The minimum atomic E-state index is -0.305. The first-order valence-corrected chi connectivity index (χ1v) is 12.0. The SMILES string of the molecule is COc1cc(C(=O)c2sc3sc(C(=O)c4ccc(Br)cc4)c(N)c3c2N)cc(OC)c1OC. The van der Waals surface area contributed by atoms with Crippen LogP contribution < -0.4 is 25.7 Å². The van der Waals surface area contributed by atoms with E-state index in [1.807, 2.05) is 0 Å². The van der Waals surface area contributed by atoms with Gasteiger partial charge in [0.25, 0.3) is 0 Å². The van der Waals surface area contributed by atoms with E-state index in [9.17, 15) is 9.59 Å². The number of rotatable bonds is 7. The highest BCUT2D eigenvalue weighted by molar-refractivity contribution is 9.10. The molecule has 7 nitrogen and oxygen atoms in total. The number of halogens is 1. The fourth-order valence-electron chi connectivity index (χ4n) is 3.42. The van der Waals surface area contributed by atoms with Gasteiger partial charge in [-0.1, -0.05) is 15.9 Å². The number of ether oxygens (including phenoxy) is 3. The van der Waals surface area contributed by atoms with Gasteiger partial charge in [-0.25, -0.2) is 0 Å². The van der Waals surface area contributed by atoms with E-state index in [2.05, 4.69) is 15.9 Å². The molecule has 2 aromatic carbocycles. The second-order valence-electron chi connectivity index (χ2n) is 6.93. The van der Waals surface area contributed by atoms with Gasteiger partial charge in [0.2, 0.25) is 17.3 Å². The molecule has 0 saturated heterocycles. The summed E-state index contributed by atoms with van der Waals surface area (Å²) in [5.41, 5.74) is 14.1. The molecule has 0 fully saturated rings. The van der Waals surface area contributed by atoms with Crippen LogP contribution in [-0.2, 0) is 0 Å². The van der Waals surface area contributed by atoms with Crippen LogP contribution in [0.4, 0.5) is 11.4 Å². The topological polar surface area (TPSA) is 114 Å². The maximum Gasteiger partial charge on any atom is 0.205 e. The zero-order valence-electron chi connectivity index (χ0n) is 17.9. The molecule has 0 spiro atoms. The molecule has 0 radical (unpaired) electrons. The average molecular weight is 547 g/mol. The van der Waals surface area contributed by atoms with E-state index >= 15 is 0 Å². The predicted molar refractivity (Wildman–Crippen MR) is 136 cm³/mol.